The van der Waals surface area contributed by atoms with Gasteiger partial charge in [0, 0.05) is 0 Å². The molecule has 4 heteroatoms. The third-order valence-corrected chi connectivity index (χ3v) is 7.18. The molecule has 2 saturated carbocycles. The molecule has 4 aliphatic carbocycles. The van der Waals surface area contributed by atoms with Gasteiger partial charge in [-0.25, -0.2) is 12.2 Å². The van der Waals surface area contributed by atoms with Gasteiger partial charge in [-0.3, -0.25) is 6.08 Å². The summed E-state index contributed by atoms with van der Waals surface area (Å²) in [5.41, 5.74) is 8.70. The molecule has 2 aromatic carbocycles. The third-order valence-electron chi connectivity index (χ3n) is 7.18. The summed E-state index contributed by atoms with van der Waals surface area (Å²) in [6.45, 7) is 16.7. The average Bonchev–Trinajstić information content (AvgIpc) is 3.74. The van der Waals surface area contributed by atoms with E-state index in [1.54, 1.807) is 0 Å². The molecule has 0 amide bonds. The van der Waals surface area contributed by atoms with Gasteiger partial charge in [0.1, 0.15) is 0 Å². The van der Waals surface area contributed by atoms with Gasteiger partial charge in [0.15, 0.2) is 0 Å². The van der Waals surface area contributed by atoms with Crippen molar-refractivity contribution in [3.05, 3.63) is 95.8 Å². The Morgan fingerprint density at radius 2 is 1.30 bits per heavy atom. The summed E-state index contributed by atoms with van der Waals surface area (Å²) in [5, 5.41) is 0. The Labute approximate surface area is 276 Å². The van der Waals surface area contributed by atoms with Crippen LogP contribution in [0.2, 0.25) is 0 Å². The second kappa shape index (κ2) is 20.5. The van der Waals surface area contributed by atoms with Crippen LogP contribution in [0.25, 0.3) is 11.1 Å². The molecule has 4 aliphatic rings. The first kappa shape index (κ1) is 39.6. The Kier molecular flexibility index (Phi) is 20.3. The molecule has 0 aliphatic heterocycles. The van der Waals surface area contributed by atoms with Crippen molar-refractivity contribution in [1.82, 2.24) is 0 Å². The van der Waals surface area contributed by atoms with Crippen LogP contribution in [-0.2, 0) is 40.6 Å². The van der Waals surface area contributed by atoms with E-state index in [1.807, 2.05) is 12.2 Å². The van der Waals surface area contributed by atoms with E-state index in [0.717, 1.165) is 12.8 Å². The van der Waals surface area contributed by atoms with E-state index in [1.165, 1.54) is 108 Å². The Balaban J connectivity index is 0.000000650. The molecule has 0 N–H and O–H groups in total. The quantitative estimate of drug-likeness (QED) is 0.165. The van der Waals surface area contributed by atoms with Gasteiger partial charge in [-0.1, -0.05) is 91.0 Å². The second-order valence-corrected chi connectivity index (χ2v) is 12.5. The SMILES string of the molecule is CC(C)(C)c1[c-]c2c(cc1)-c1ccc(C(C)(C)C)cc1C2.Cl.Cl.[C-]1=CC=CC1.[CH-]1CCCC1.[CH-]1CCCC1.[Si]=[Zr]. The molecule has 0 aromatic heterocycles. The van der Waals surface area contributed by atoms with Crippen LogP contribution >= 0.6 is 24.8 Å². The van der Waals surface area contributed by atoms with E-state index in [-0.39, 0.29) is 35.6 Å². The van der Waals surface area contributed by atoms with E-state index in [9.17, 15) is 0 Å². The number of rotatable bonds is 0. The molecule has 2 radical (unpaired) electrons. The fourth-order valence-corrected chi connectivity index (χ4v) is 4.81. The number of hydrogen-bond donors (Lipinski definition) is 0. The summed E-state index contributed by atoms with van der Waals surface area (Å²) in [6.07, 6.45) is 27.0. The molecule has 0 nitrogen and oxygen atoms in total. The van der Waals surface area contributed by atoms with Gasteiger partial charge in [0.2, 0.25) is 0 Å². The topological polar surface area (TPSA) is 0 Å². The molecule has 220 valence electrons. The van der Waals surface area contributed by atoms with Crippen molar-refractivity contribution in [2.24, 2.45) is 0 Å². The number of allylic oxidation sites excluding steroid dienone is 4. The summed E-state index contributed by atoms with van der Waals surface area (Å²) in [5.74, 6) is 0. The van der Waals surface area contributed by atoms with Crippen LogP contribution in [0.4, 0.5) is 0 Å². The Morgan fingerprint density at radius 3 is 1.68 bits per heavy atom. The van der Waals surface area contributed by atoms with Crippen LogP contribution in [0, 0.1) is 25.0 Å². The van der Waals surface area contributed by atoms with E-state index in [4.69, 9.17) is 0 Å². The molecule has 0 atom stereocenters. The molecule has 0 saturated heterocycles. The summed E-state index contributed by atoms with van der Waals surface area (Å²) in [6, 6.07) is 15.2. The number of halogens is 2. The fourth-order valence-electron chi connectivity index (χ4n) is 4.81. The van der Waals surface area contributed by atoms with Crippen LogP contribution in [0.1, 0.15) is 122 Å². The third kappa shape index (κ3) is 13.7. The van der Waals surface area contributed by atoms with E-state index < -0.39 is 0 Å². The van der Waals surface area contributed by atoms with Gasteiger partial charge in [0.05, 0.1) is 0 Å². The number of hydrogen-bond acceptors (Lipinski definition) is 0. The van der Waals surface area contributed by atoms with Crippen LogP contribution in [-0.4, -0.2) is 6.88 Å². The van der Waals surface area contributed by atoms with Crippen molar-refractivity contribution in [2.45, 2.75) is 117 Å². The maximum atomic E-state index is 3.67. The van der Waals surface area contributed by atoms with Crippen molar-refractivity contribution in [3.8, 4) is 11.1 Å². The number of benzene rings is 2. The molecule has 2 fully saturated rings. The average molecular weight is 673 g/mol. The Bertz CT molecular complexity index is 939. The molecule has 0 bridgehead atoms. The van der Waals surface area contributed by atoms with Crippen molar-refractivity contribution in [2.75, 3.05) is 0 Å². The predicted octanol–water partition coefficient (Wildman–Crippen LogP) is 10.9. The second-order valence-electron chi connectivity index (χ2n) is 12.5. The summed E-state index contributed by atoms with van der Waals surface area (Å²) >= 11 is 1.36. The molecule has 0 spiro atoms. The first-order valence-corrected chi connectivity index (χ1v) is 18.6. The van der Waals surface area contributed by atoms with Crippen molar-refractivity contribution in [1.29, 1.82) is 0 Å². The van der Waals surface area contributed by atoms with Crippen molar-refractivity contribution < 1.29 is 23.3 Å². The summed E-state index contributed by atoms with van der Waals surface area (Å²) in [7, 11) is 0. The fraction of sp³-hybridized carbons (Fsp3) is 0.500. The zero-order valence-corrected chi connectivity index (χ0v) is 30.8. The zero-order valence-electron chi connectivity index (χ0n) is 25.7. The first-order chi connectivity index (χ1) is 18.2. The Hall–Kier alpha value is -0.400. The minimum absolute atomic E-state index is 0. The van der Waals surface area contributed by atoms with Crippen LogP contribution < -0.4 is 0 Å². The molecule has 0 unspecified atom stereocenters. The van der Waals surface area contributed by atoms with Crippen LogP contribution in [0.15, 0.2) is 48.6 Å². The summed E-state index contributed by atoms with van der Waals surface area (Å²) < 4.78 is 0. The first-order valence-electron chi connectivity index (χ1n) is 14.5. The molecule has 40 heavy (non-hydrogen) atoms. The standard InChI is InChI=1S/C21H25.2C5H9.C5H5.2ClH.Si.Zr/c1-20(2,3)16-7-9-18-14(12-16)11-15-13-17(21(4,5)6)8-10-19(15)18;3*1-2-4-5-3-1;;;;/h7-10,12H,11H2,1-6H3;2*1H,2-5H2;1-3H,4H2;2*1H;;/q4*-1;;;;. The van der Waals surface area contributed by atoms with E-state index in [2.05, 4.69) is 110 Å². The normalized spacial score (nSPS) is 15.6. The minimum atomic E-state index is 0. The molecular weight excluding hydrogens is 623 g/mol. The van der Waals surface area contributed by atoms with E-state index >= 15 is 0 Å². The van der Waals surface area contributed by atoms with Gasteiger partial charge < -0.3 is 12.8 Å². The van der Waals surface area contributed by atoms with E-state index in [0.29, 0.717) is 0 Å². The molecule has 2 aromatic rings. The zero-order chi connectivity index (χ0) is 28.0. The predicted molar refractivity (Wildman–Crippen MR) is 178 cm³/mol. The van der Waals surface area contributed by atoms with Crippen molar-refractivity contribution >= 4 is 31.7 Å². The summed E-state index contributed by atoms with van der Waals surface area (Å²) in [4.78, 5) is 0. The maximum absolute atomic E-state index is 3.67. The van der Waals surface area contributed by atoms with Crippen molar-refractivity contribution in [3.63, 3.8) is 0 Å². The van der Waals surface area contributed by atoms with Crippen LogP contribution in [0.3, 0.4) is 0 Å². The van der Waals surface area contributed by atoms with Gasteiger partial charge in [-0.15, -0.1) is 42.4 Å². The number of fused-ring (bicyclic) bond motifs is 3. The molecule has 6 rings (SSSR count). The van der Waals surface area contributed by atoms with Gasteiger partial charge in [0.25, 0.3) is 0 Å². The van der Waals surface area contributed by atoms with Gasteiger partial charge in [-0.2, -0.15) is 55.5 Å². The monoisotopic (exact) mass is 670 g/mol. The van der Waals surface area contributed by atoms with Gasteiger partial charge >= 0.3 is 30.2 Å². The molecule has 0 heterocycles. The Morgan fingerprint density at radius 1 is 0.750 bits per heavy atom. The van der Waals surface area contributed by atoms with Gasteiger partial charge in [-0.05, 0) is 28.4 Å². The molecular formula is C36H50Cl2SiZr-4. The van der Waals surface area contributed by atoms with Crippen LogP contribution in [0.5, 0.6) is 0 Å².